The summed E-state index contributed by atoms with van der Waals surface area (Å²) in [5.41, 5.74) is 8.46. The Kier molecular flexibility index (Phi) is 4.82. The molecule has 0 aromatic heterocycles. The molecule has 4 rings (SSSR count). The minimum atomic E-state index is -0.188. The fraction of sp³-hybridized carbons (Fsp3) is 0.435. The summed E-state index contributed by atoms with van der Waals surface area (Å²) in [4.78, 5) is 15.6. The van der Waals surface area contributed by atoms with E-state index in [1.165, 1.54) is 11.1 Å². The van der Waals surface area contributed by atoms with Gasteiger partial charge in [0.15, 0.2) is 0 Å². The molecule has 2 aromatic carbocycles. The molecule has 1 aliphatic heterocycles. The number of carbonyl (C=O) groups is 1. The SMILES string of the molecule is NC[C@@H]1CN(C(=O)C2(Cc3ccccc3)CCC2)C[C@H]1c1ccccc1. The number of nitrogens with zero attached hydrogens (tertiary/aromatic N) is 1. The number of nitrogens with two attached hydrogens (primary N) is 1. The van der Waals surface area contributed by atoms with Crippen molar-refractivity contribution in [1.29, 1.82) is 0 Å². The van der Waals surface area contributed by atoms with Gasteiger partial charge in [-0.25, -0.2) is 0 Å². The average molecular weight is 348 g/mol. The van der Waals surface area contributed by atoms with Crippen LogP contribution in [0, 0.1) is 11.3 Å². The van der Waals surface area contributed by atoms with E-state index in [4.69, 9.17) is 5.73 Å². The number of benzene rings is 2. The number of hydrogen-bond acceptors (Lipinski definition) is 2. The van der Waals surface area contributed by atoms with Crippen molar-refractivity contribution in [2.75, 3.05) is 19.6 Å². The highest BCUT2D eigenvalue weighted by atomic mass is 16.2. The van der Waals surface area contributed by atoms with Crippen molar-refractivity contribution in [2.24, 2.45) is 17.1 Å². The van der Waals surface area contributed by atoms with Crippen molar-refractivity contribution in [3.05, 3.63) is 71.8 Å². The third kappa shape index (κ3) is 3.16. The fourth-order valence-electron chi connectivity index (χ4n) is 4.75. The minimum Gasteiger partial charge on any atom is -0.341 e. The van der Waals surface area contributed by atoms with Crippen LogP contribution in [0.4, 0.5) is 0 Å². The summed E-state index contributed by atoms with van der Waals surface area (Å²) < 4.78 is 0. The Labute approximate surface area is 156 Å². The van der Waals surface area contributed by atoms with E-state index in [1.54, 1.807) is 0 Å². The summed E-state index contributed by atoms with van der Waals surface area (Å²) in [5, 5.41) is 0. The molecule has 3 nitrogen and oxygen atoms in total. The van der Waals surface area contributed by atoms with Crippen LogP contribution >= 0.6 is 0 Å². The highest BCUT2D eigenvalue weighted by Crippen LogP contribution is 2.47. The molecule has 0 bridgehead atoms. The maximum Gasteiger partial charge on any atom is 0.229 e. The average Bonchev–Trinajstić information content (AvgIpc) is 3.10. The predicted molar refractivity (Wildman–Crippen MR) is 105 cm³/mol. The molecule has 2 aliphatic rings. The highest BCUT2D eigenvalue weighted by molar-refractivity contribution is 5.84. The van der Waals surface area contributed by atoms with Crippen molar-refractivity contribution in [3.63, 3.8) is 0 Å². The Hall–Kier alpha value is -2.13. The van der Waals surface area contributed by atoms with Gasteiger partial charge >= 0.3 is 0 Å². The lowest BCUT2D eigenvalue weighted by Gasteiger charge is -2.43. The quantitative estimate of drug-likeness (QED) is 0.897. The maximum absolute atomic E-state index is 13.5. The Morgan fingerprint density at radius 3 is 2.23 bits per heavy atom. The van der Waals surface area contributed by atoms with E-state index in [1.807, 2.05) is 12.1 Å². The van der Waals surface area contributed by atoms with Gasteiger partial charge in [-0.1, -0.05) is 67.1 Å². The molecule has 136 valence electrons. The lowest BCUT2D eigenvalue weighted by atomic mass is 9.64. The summed E-state index contributed by atoms with van der Waals surface area (Å²) >= 11 is 0. The molecule has 0 radical (unpaired) electrons. The van der Waals surface area contributed by atoms with Crippen molar-refractivity contribution < 1.29 is 4.79 Å². The zero-order chi connectivity index (χ0) is 18.0. The molecule has 26 heavy (non-hydrogen) atoms. The van der Waals surface area contributed by atoms with Gasteiger partial charge in [0.2, 0.25) is 5.91 Å². The zero-order valence-electron chi connectivity index (χ0n) is 15.3. The van der Waals surface area contributed by atoms with Crippen molar-refractivity contribution >= 4 is 5.91 Å². The third-order valence-electron chi connectivity index (χ3n) is 6.41. The van der Waals surface area contributed by atoms with Gasteiger partial charge in [0.05, 0.1) is 5.41 Å². The third-order valence-corrected chi connectivity index (χ3v) is 6.41. The van der Waals surface area contributed by atoms with Crippen LogP contribution in [0.5, 0.6) is 0 Å². The molecule has 0 spiro atoms. The monoisotopic (exact) mass is 348 g/mol. The molecule has 1 heterocycles. The Balaban J connectivity index is 1.52. The molecule has 1 amide bonds. The molecule has 2 atom stereocenters. The van der Waals surface area contributed by atoms with E-state index < -0.39 is 0 Å². The van der Waals surface area contributed by atoms with Gasteiger partial charge in [0, 0.05) is 19.0 Å². The van der Waals surface area contributed by atoms with Crippen LogP contribution in [0.25, 0.3) is 0 Å². The molecule has 1 saturated carbocycles. The number of likely N-dealkylation sites (tertiary alicyclic amines) is 1. The first-order chi connectivity index (χ1) is 12.7. The molecular formula is C23H28N2O. The smallest absolute Gasteiger partial charge is 0.229 e. The van der Waals surface area contributed by atoms with E-state index >= 15 is 0 Å². The minimum absolute atomic E-state index is 0.188. The summed E-state index contributed by atoms with van der Waals surface area (Å²) in [6.45, 7) is 2.24. The van der Waals surface area contributed by atoms with Gasteiger partial charge in [0.1, 0.15) is 0 Å². The first-order valence-electron chi connectivity index (χ1n) is 9.80. The maximum atomic E-state index is 13.5. The van der Waals surface area contributed by atoms with Crippen LogP contribution in [-0.4, -0.2) is 30.4 Å². The topological polar surface area (TPSA) is 46.3 Å². The lowest BCUT2D eigenvalue weighted by Crippen LogP contribution is -2.48. The van der Waals surface area contributed by atoms with Gasteiger partial charge < -0.3 is 10.6 Å². The van der Waals surface area contributed by atoms with Crippen LogP contribution in [0.15, 0.2) is 60.7 Å². The molecule has 2 aromatic rings. The van der Waals surface area contributed by atoms with Crippen LogP contribution in [0.2, 0.25) is 0 Å². The standard InChI is InChI=1S/C23H28N2O/c24-15-20-16-25(17-21(20)19-10-5-2-6-11-19)22(26)23(12-7-13-23)14-18-8-3-1-4-9-18/h1-6,8-11,20-21H,7,12-17,24H2/t20-,21+/m1/s1. The van der Waals surface area contributed by atoms with Crippen molar-refractivity contribution in [3.8, 4) is 0 Å². The lowest BCUT2D eigenvalue weighted by molar-refractivity contribution is -0.146. The number of amides is 1. The molecule has 3 heteroatoms. The van der Waals surface area contributed by atoms with Crippen LogP contribution < -0.4 is 5.73 Å². The van der Waals surface area contributed by atoms with Gasteiger partial charge in [-0.05, 0) is 42.9 Å². The summed E-state index contributed by atoms with van der Waals surface area (Å²) in [6.07, 6.45) is 4.06. The summed E-state index contributed by atoms with van der Waals surface area (Å²) in [7, 11) is 0. The second-order valence-electron chi connectivity index (χ2n) is 8.02. The molecule has 0 unspecified atom stereocenters. The van der Waals surface area contributed by atoms with E-state index in [2.05, 4.69) is 53.4 Å². The van der Waals surface area contributed by atoms with Gasteiger partial charge in [-0.2, -0.15) is 0 Å². The number of hydrogen-bond donors (Lipinski definition) is 1. The van der Waals surface area contributed by atoms with Crippen LogP contribution in [0.3, 0.4) is 0 Å². The van der Waals surface area contributed by atoms with Gasteiger partial charge in [-0.3, -0.25) is 4.79 Å². The summed E-state index contributed by atoms with van der Waals surface area (Å²) in [6, 6.07) is 21.0. The van der Waals surface area contributed by atoms with Gasteiger partial charge in [0.25, 0.3) is 0 Å². The fourth-order valence-corrected chi connectivity index (χ4v) is 4.75. The predicted octanol–water partition coefficient (Wildman–Crippen LogP) is 3.60. The molecule has 1 saturated heterocycles. The van der Waals surface area contributed by atoms with E-state index in [9.17, 15) is 4.79 Å². The Morgan fingerprint density at radius 1 is 1.00 bits per heavy atom. The van der Waals surface area contributed by atoms with E-state index in [-0.39, 0.29) is 5.41 Å². The van der Waals surface area contributed by atoms with Crippen LogP contribution in [0.1, 0.15) is 36.3 Å². The number of rotatable bonds is 5. The second kappa shape index (κ2) is 7.24. The molecule has 2 fully saturated rings. The highest BCUT2D eigenvalue weighted by Gasteiger charge is 2.48. The van der Waals surface area contributed by atoms with Gasteiger partial charge in [-0.15, -0.1) is 0 Å². The molecular weight excluding hydrogens is 320 g/mol. The van der Waals surface area contributed by atoms with Crippen LogP contribution in [-0.2, 0) is 11.2 Å². The van der Waals surface area contributed by atoms with E-state index in [0.717, 1.165) is 38.8 Å². The first-order valence-corrected chi connectivity index (χ1v) is 9.80. The molecule has 2 N–H and O–H groups in total. The Bertz CT molecular complexity index is 739. The zero-order valence-corrected chi connectivity index (χ0v) is 15.3. The van der Waals surface area contributed by atoms with Crippen molar-refractivity contribution in [1.82, 2.24) is 4.90 Å². The normalized spacial score (nSPS) is 24.3. The first kappa shape index (κ1) is 17.3. The van der Waals surface area contributed by atoms with E-state index in [0.29, 0.717) is 24.3 Å². The largest absolute Gasteiger partial charge is 0.341 e. The molecule has 1 aliphatic carbocycles. The van der Waals surface area contributed by atoms with Crippen molar-refractivity contribution in [2.45, 2.75) is 31.6 Å². The Morgan fingerprint density at radius 2 is 1.65 bits per heavy atom. The second-order valence-corrected chi connectivity index (χ2v) is 8.02. The number of carbonyl (C=O) groups excluding carboxylic acids is 1. The summed E-state index contributed by atoms with van der Waals surface area (Å²) in [5.74, 6) is 1.07.